The zero-order chi connectivity index (χ0) is 31.1. The molecule has 0 N–H and O–H groups in total. The number of nitrogens with zero attached hydrogens (tertiary/aromatic N) is 2. The number of aromatic nitrogens is 1. The number of fused-ring (bicyclic) bond motifs is 3. The van der Waals surface area contributed by atoms with Crippen molar-refractivity contribution < 1.29 is 9.47 Å². The molecule has 4 aromatic carbocycles. The molecule has 5 aromatic rings. The molecule has 2 heterocycles. The molecule has 9 heteroatoms. The molecule has 1 aliphatic carbocycles. The molecule has 0 radical (unpaired) electrons. The fourth-order valence-electron chi connectivity index (χ4n) is 5.92. The van der Waals surface area contributed by atoms with Gasteiger partial charge in [-0.15, -0.1) is 0 Å². The molecule has 1 aromatic heterocycles. The molecule has 1 atom stereocenters. The summed E-state index contributed by atoms with van der Waals surface area (Å²) in [5, 5.41) is 1.76. The summed E-state index contributed by atoms with van der Waals surface area (Å²) in [4.78, 5) is 19.9. The minimum absolute atomic E-state index is 0.0835. The van der Waals surface area contributed by atoms with Crippen LogP contribution < -0.4 is 24.4 Å². The maximum absolute atomic E-state index is 14.1. The van der Waals surface area contributed by atoms with Gasteiger partial charge in [0.05, 0.1) is 22.9 Å². The normalized spacial score (nSPS) is 15.6. The summed E-state index contributed by atoms with van der Waals surface area (Å²) in [5.41, 5.74) is 7.08. The Kier molecular flexibility index (Phi) is 8.32. The molecule has 2 aliphatic rings. The first-order valence-corrected chi connectivity index (χ1v) is 16.6. The van der Waals surface area contributed by atoms with E-state index in [1.165, 1.54) is 16.9 Å². The number of rotatable bonds is 7. The largest absolute Gasteiger partial charge is 0.490 e. The summed E-state index contributed by atoms with van der Waals surface area (Å²) in [6.45, 7) is 2.63. The first kappa shape index (κ1) is 29.9. The molecular weight excluding hydrogens is 647 g/mol. The van der Waals surface area contributed by atoms with Crippen molar-refractivity contribution in [3.05, 3.63) is 153 Å². The first-order chi connectivity index (χ1) is 21.9. The van der Waals surface area contributed by atoms with Gasteiger partial charge in [0.1, 0.15) is 6.61 Å². The Bertz CT molecular complexity index is 2150. The second kappa shape index (κ2) is 12.5. The van der Waals surface area contributed by atoms with E-state index in [1.807, 2.05) is 72.2 Å². The Morgan fingerprint density at radius 1 is 0.911 bits per heavy atom. The summed E-state index contributed by atoms with van der Waals surface area (Å²) in [7, 11) is 0. The van der Waals surface area contributed by atoms with Gasteiger partial charge in [-0.05, 0) is 84.5 Å². The van der Waals surface area contributed by atoms with E-state index in [0.29, 0.717) is 42.5 Å². The highest BCUT2D eigenvalue weighted by atomic mass is 35.5. The average molecular weight is 674 g/mol. The summed E-state index contributed by atoms with van der Waals surface area (Å²) in [5.74, 6) is 1.16. The minimum atomic E-state index is -0.265. The van der Waals surface area contributed by atoms with E-state index in [4.69, 9.17) is 49.3 Å². The van der Waals surface area contributed by atoms with Gasteiger partial charge in [-0.25, -0.2) is 4.99 Å². The van der Waals surface area contributed by atoms with Crippen LogP contribution in [0.3, 0.4) is 0 Å². The zero-order valence-electron chi connectivity index (χ0n) is 24.2. The van der Waals surface area contributed by atoms with Gasteiger partial charge in [-0.3, -0.25) is 9.36 Å². The van der Waals surface area contributed by atoms with Crippen LogP contribution in [0.1, 0.15) is 47.2 Å². The second-order valence-electron chi connectivity index (χ2n) is 10.8. The van der Waals surface area contributed by atoms with Crippen LogP contribution in [0.2, 0.25) is 15.1 Å². The Labute approximate surface area is 279 Å². The van der Waals surface area contributed by atoms with Gasteiger partial charge in [0, 0.05) is 26.2 Å². The second-order valence-corrected chi connectivity index (χ2v) is 13.1. The van der Waals surface area contributed by atoms with E-state index >= 15 is 0 Å². The summed E-state index contributed by atoms with van der Waals surface area (Å²) in [6, 6.07) is 26.9. The lowest BCUT2D eigenvalue weighted by Gasteiger charge is -2.30. The number of halogens is 3. The summed E-state index contributed by atoms with van der Waals surface area (Å²) >= 11 is 20.0. The Morgan fingerprint density at radius 3 is 2.51 bits per heavy atom. The van der Waals surface area contributed by atoms with Crippen LogP contribution in [0.15, 0.2) is 100 Å². The van der Waals surface area contributed by atoms with Crippen molar-refractivity contribution >= 4 is 57.9 Å². The third kappa shape index (κ3) is 5.84. The number of ether oxygens (including phenoxy) is 2. The van der Waals surface area contributed by atoms with E-state index in [2.05, 4.69) is 18.2 Å². The molecule has 0 fully saturated rings. The zero-order valence-corrected chi connectivity index (χ0v) is 27.3. The molecule has 7 rings (SSSR count). The van der Waals surface area contributed by atoms with Crippen molar-refractivity contribution in [1.29, 1.82) is 0 Å². The van der Waals surface area contributed by atoms with Crippen LogP contribution in [0.25, 0.3) is 11.8 Å². The van der Waals surface area contributed by atoms with Crippen molar-refractivity contribution in [2.75, 3.05) is 6.61 Å². The Morgan fingerprint density at radius 2 is 1.71 bits per heavy atom. The van der Waals surface area contributed by atoms with Crippen molar-refractivity contribution in [2.24, 2.45) is 4.99 Å². The monoisotopic (exact) mass is 672 g/mol. The molecule has 0 bridgehead atoms. The van der Waals surface area contributed by atoms with E-state index in [9.17, 15) is 4.79 Å². The highest BCUT2D eigenvalue weighted by Crippen LogP contribution is 2.41. The summed E-state index contributed by atoms with van der Waals surface area (Å²) in [6.07, 6.45) is 3.62. The third-order valence-electron chi connectivity index (χ3n) is 8.02. The van der Waals surface area contributed by atoms with Crippen LogP contribution in [-0.4, -0.2) is 11.2 Å². The van der Waals surface area contributed by atoms with Crippen molar-refractivity contribution in [3.8, 4) is 11.5 Å². The molecule has 0 amide bonds. The quantitative estimate of drug-likeness (QED) is 0.175. The molecule has 1 aliphatic heterocycles. The molecule has 5 nitrogen and oxygen atoms in total. The van der Waals surface area contributed by atoms with Gasteiger partial charge < -0.3 is 9.47 Å². The van der Waals surface area contributed by atoms with Gasteiger partial charge in [0.2, 0.25) is 0 Å². The van der Waals surface area contributed by atoms with Crippen molar-refractivity contribution in [1.82, 2.24) is 4.57 Å². The predicted molar refractivity (Wildman–Crippen MR) is 183 cm³/mol. The first-order valence-electron chi connectivity index (χ1n) is 14.6. The van der Waals surface area contributed by atoms with E-state index in [0.717, 1.165) is 46.4 Å². The molecule has 0 unspecified atom stereocenters. The Hall–Kier alpha value is -3.81. The molecular formula is C36H27Cl3N2O3S. The topological polar surface area (TPSA) is 52.8 Å². The summed E-state index contributed by atoms with van der Waals surface area (Å²) < 4.78 is 14.4. The number of allylic oxidation sites excluding steroid dienone is 1. The minimum Gasteiger partial charge on any atom is -0.490 e. The third-order valence-corrected chi connectivity index (χ3v) is 9.84. The SMILES string of the molecule is CCOc1cc(/C=c2/sc3n(c2=O)[C@H](c2ccc(Cl)cc2)C2=C(N=3)c3ccccc3CC2)ccc1OCc1ccc(Cl)cc1Cl. The van der Waals surface area contributed by atoms with E-state index in [-0.39, 0.29) is 18.2 Å². The smallest absolute Gasteiger partial charge is 0.271 e. The standard InChI is InChI=1S/C36H27Cl3N2O3S/c1-2-43-31-17-21(7-16-30(31)44-20-24-10-14-26(38)19-29(24)39)18-32-35(42)41-34(23-8-12-25(37)13-9-23)28-15-11-22-5-3-4-6-27(22)33(28)40-36(41)45-32/h3-10,12-14,16-19,34H,2,11,15,20H2,1H3/b32-18+/t34-/m1/s1. The van der Waals surface area contributed by atoms with Crippen molar-refractivity contribution in [2.45, 2.75) is 32.4 Å². The lowest BCUT2D eigenvalue weighted by atomic mass is 9.83. The molecule has 0 saturated heterocycles. The van der Waals surface area contributed by atoms with Gasteiger partial charge in [-0.2, -0.15) is 0 Å². The van der Waals surface area contributed by atoms with Crippen LogP contribution in [0.4, 0.5) is 0 Å². The van der Waals surface area contributed by atoms with Crippen molar-refractivity contribution in [3.63, 3.8) is 0 Å². The van der Waals surface area contributed by atoms with Gasteiger partial charge in [0.25, 0.3) is 5.56 Å². The lowest BCUT2D eigenvalue weighted by molar-refractivity contribution is 0.269. The molecule has 45 heavy (non-hydrogen) atoms. The fraction of sp³-hybridized carbons (Fsp3) is 0.167. The number of thiazole rings is 1. The van der Waals surface area contributed by atoms with Crippen LogP contribution in [-0.2, 0) is 13.0 Å². The number of aryl methyl sites for hydroxylation is 1. The predicted octanol–water partition coefficient (Wildman–Crippen LogP) is 8.26. The van der Waals surface area contributed by atoms with E-state index < -0.39 is 0 Å². The lowest BCUT2D eigenvalue weighted by Crippen LogP contribution is -2.38. The Balaban J connectivity index is 1.30. The van der Waals surface area contributed by atoms with E-state index in [1.54, 1.807) is 12.1 Å². The average Bonchev–Trinajstić information content (AvgIpc) is 3.35. The maximum atomic E-state index is 14.1. The van der Waals surface area contributed by atoms with Gasteiger partial charge >= 0.3 is 0 Å². The number of hydrogen-bond donors (Lipinski definition) is 0. The van der Waals surface area contributed by atoms with Crippen LogP contribution >= 0.6 is 46.1 Å². The molecule has 0 spiro atoms. The maximum Gasteiger partial charge on any atom is 0.271 e. The van der Waals surface area contributed by atoms with Crippen LogP contribution in [0.5, 0.6) is 11.5 Å². The molecule has 0 saturated carbocycles. The highest BCUT2D eigenvalue weighted by molar-refractivity contribution is 7.07. The highest BCUT2D eigenvalue weighted by Gasteiger charge is 2.32. The number of benzene rings is 4. The van der Waals surface area contributed by atoms with Gasteiger partial charge in [-0.1, -0.05) is 94.7 Å². The van der Waals surface area contributed by atoms with Gasteiger partial charge in [0.15, 0.2) is 16.3 Å². The fourth-order valence-corrected chi connectivity index (χ4v) is 7.51. The number of hydrogen-bond acceptors (Lipinski definition) is 5. The molecule has 226 valence electrons. The van der Waals surface area contributed by atoms with Crippen LogP contribution in [0, 0.1) is 0 Å².